The number of aliphatic hydroxyl groups excluding tert-OH is 4. The van der Waals surface area contributed by atoms with Crippen LogP contribution in [0, 0.1) is 47.3 Å². The highest BCUT2D eigenvalue weighted by molar-refractivity contribution is 5.92. The molecule has 0 aliphatic carbocycles. The summed E-state index contributed by atoms with van der Waals surface area (Å²) in [5.74, 6) is -6.11. The van der Waals surface area contributed by atoms with Gasteiger partial charge in [-0.05, 0) is 38.8 Å². The smallest absolute Gasteiger partial charge is 0.331 e. The normalized spacial score (nSPS) is 26.5. The Kier molecular flexibility index (Phi) is 20.8. The maximum atomic E-state index is 13.0. The predicted molar refractivity (Wildman–Crippen MR) is 203 cm³/mol. The summed E-state index contributed by atoms with van der Waals surface area (Å²) >= 11 is 0. The van der Waals surface area contributed by atoms with E-state index in [9.17, 15) is 39.6 Å². The van der Waals surface area contributed by atoms with Crippen LogP contribution in [0.5, 0.6) is 0 Å². The first-order chi connectivity index (χ1) is 24.4. The average Bonchev–Trinajstić information content (AvgIpc) is 3.10. The van der Waals surface area contributed by atoms with Crippen molar-refractivity contribution in [1.29, 1.82) is 0 Å². The summed E-state index contributed by atoms with van der Waals surface area (Å²) in [4.78, 5) is 51.9. The summed E-state index contributed by atoms with van der Waals surface area (Å²) in [5, 5.41) is 42.3. The number of ketones is 2. The van der Waals surface area contributed by atoms with Crippen LogP contribution in [0.1, 0.15) is 82.1 Å². The van der Waals surface area contributed by atoms with Crippen molar-refractivity contribution in [3.05, 3.63) is 72.9 Å². The number of rotatable bonds is 16. The van der Waals surface area contributed by atoms with E-state index in [0.717, 1.165) is 0 Å². The fourth-order valence-electron chi connectivity index (χ4n) is 6.35. The van der Waals surface area contributed by atoms with Crippen molar-refractivity contribution >= 4 is 23.5 Å². The lowest BCUT2D eigenvalue weighted by Gasteiger charge is -2.33. The van der Waals surface area contributed by atoms with Gasteiger partial charge in [-0.2, -0.15) is 0 Å². The molecule has 0 fully saturated rings. The summed E-state index contributed by atoms with van der Waals surface area (Å²) in [6.07, 6.45) is 14.3. The van der Waals surface area contributed by atoms with Gasteiger partial charge in [0.15, 0.2) is 11.6 Å². The predicted octanol–water partition coefficient (Wildman–Crippen LogP) is 5.65. The number of hydrogen-bond donors (Lipinski definition) is 4. The molecular formula is C42H64O10. The number of aliphatic hydroxyl groups is 4. The van der Waals surface area contributed by atoms with Gasteiger partial charge in [-0.15, -0.1) is 0 Å². The first-order valence-corrected chi connectivity index (χ1v) is 18.6. The standard InChI is InChI=1S/C42H64O10/c1-11-33(31(9)43)21-23-35(45)27(5)39(49)29(7)41-25(3)17-13-15-20-38(48)52-42(26(4)18-14-16-19-37(47)51-41)30(8)40(50)28(6)36(46)24-22-34(12-2)32(10)44/h13-34,39-44,49-50H,11-12H2,1-10H3. The molecule has 0 aromatic carbocycles. The van der Waals surface area contributed by atoms with Crippen LogP contribution in [0.25, 0.3) is 0 Å². The van der Waals surface area contributed by atoms with Crippen LogP contribution >= 0.6 is 0 Å². The minimum absolute atomic E-state index is 0.191. The second-order valence-electron chi connectivity index (χ2n) is 14.4. The molecule has 0 saturated heterocycles. The van der Waals surface area contributed by atoms with Crippen molar-refractivity contribution in [3.8, 4) is 0 Å². The van der Waals surface area contributed by atoms with Crippen molar-refractivity contribution in [2.45, 2.75) is 119 Å². The van der Waals surface area contributed by atoms with Gasteiger partial charge in [0.2, 0.25) is 0 Å². The number of cyclic esters (lactones) is 2. The van der Waals surface area contributed by atoms with Crippen molar-refractivity contribution in [1.82, 2.24) is 0 Å². The minimum atomic E-state index is -1.15. The molecule has 1 aliphatic rings. The van der Waals surface area contributed by atoms with Crippen LogP contribution in [0.4, 0.5) is 0 Å². The molecule has 10 heteroatoms. The van der Waals surface area contributed by atoms with Gasteiger partial charge < -0.3 is 29.9 Å². The second kappa shape index (κ2) is 23.3. The highest BCUT2D eigenvalue weighted by Crippen LogP contribution is 2.28. The molecule has 14 unspecified atom stereocenters. The third-order valence-electron chi connectivity index (χ3n) is 10.3. The Balaban J connectivity index is 3.25. The Bertz CT molecular complexity index is 1220. The highest BCUT2D eigenvalue weighted by Gasteiger charge is 2.37. The Labute approximate surface area is 311 Å². The maximum absolute atomic E-state index is 13.0. The van der Waals surface area contributed by atoms with Gasteiger partial charge in [0.25, 0.3) is 0 Å². The molecule has 10 nitrogen and oxygen atoms in total. The van der Waals surface area contributed by atoms with E-state index in [4.69, 9.17) is 9.47 Å². The lowest BCUT2D eigenvalue weighted by atomic mass is 9.82. The lowest BCUT2D eigenvalue weighted by molar-refractivity contribution is -0.152. The molecule has 4 N–H and O–H groups in total. The third kappa shape index (κ3) is 14.9. The number of esters is 2. The molecule has 292 valence electrons. The zero-order valence-corrected chi connectivity index (χ0v) is 32.7. The van der Waals surface area contributed by atoms with Gasteiger partial charge in [-0.25, -0.2) is 9.59 Å². The molecule has 0 bridgehead atoms. The first-order valence-electron chi connectivity index (χ1n) is 18.6. The zero-order valence-electron chi connectivity index (χ0n) is 32.7. The highest BCUT2D eigenvalue weighted by atomic mass is 16.5. The molecule has 1 rings (SSSR count). The van der Waals surface area contributed by atoms with Gasteiger partial charge in [-0.1, -0.05) is 104 Å². The van der Waals surface area contributed by atoms with E-state index in [1.165, 1.54) is 36.5 Å². The number of carbonyl (C=O) groups excluding carboxylic acids is 4. The number of hydrogen-bond acceptors (Lipinski definition) is 10. The first kappa shape index (κ1) is 46.6. The fraction of sp³-hybridized carbons (Fsp3) is 0.619. The Morgan fingerprint density at radius 3 is 1.25 bits per heavy atom. The summed E-state index contributed by atoms with van der Waals surface area (Å²) < 4.78 is 11.7. The van der Waals surface area contributed by atoms with Crippen LogP contribution < -0.4 is 0 Å². The molecule has 0 saturated carbocycles. The molecule has 0 amide bonds. The molecular weight excluding hydrogens is 664 g/mol. The molecule has 0 spiro atoms. The van der Waals surface area contributed by atoms with Gasteiger partial charge in [0, 0.05) is 59.5 Å². The van der Waals surface area contributed by atoms with E-state index in [1.54, 1.807) is 91.8 Å². The molecule has 52 heavy (non-hydrogen) atoms. The molecule has 14 atom stereocenters. The summed E-state index contributed by atoms with van der Waals surface area (Å²) in [6.45, 7) is 17.4. The minimum Gasteiger partial charge on any atom is -0.458 e. The Hall–Kier alpha value is -3.44. The lowest BCUT2D eigenvalue weighted by Crippen LogP contribution is -2.41. The third-order valence-corrected chi connectivity index (χ3v) is 10.3. The van der Waals surface area contributed by atoms with E-state index in [2.05, 4.69) is 0 Å². The molecule has 0 aromatic rings. The largest absolute Gasteiger partial charge is 0.458 e. The SMILES string of the molecule is CCC(C=CC(=O)C(C)C(O)C(C)C1OC(=O)C=CC=CC(C)C(C(C)C(O)C(C)C(=O)C=CC(CC)C(C)O)OC(=O)C=CC=CC1C)C(C)O. The molecule has 1 heterocycles. The summed E-state index contributed by atoms with van der Waals surface area (Å²) in [7, 11) is 0. The van der Waals surface area contributed by atoms with Gasteiger partial charge >= 0.3 is 11.9 Å². The quantitative estimate of drug-likeness (QED) is 0.115. The van der Waals surface area contributed by atoms with Gasteiger partial charge in [-0.3, -0.25) is 9.59 Å². The molecule has 1 aliphatic heterocycles. The van der Waals surface area contributed by atoms with E-state index in [-0.39, 0.29) is 23.4 Å². The Morgan fingerprint density at radius 1 is 0.635 bits per heavy atom. The number of allylic oxidation sites excluding steroid dienone is 6. The summed E-state index contributed by atoms with van der Waals surface area (Å²) in [6, 6.07) is 0. The Morgan fingerprint density at radius 2 is 0.962 bits per heavy atom. The molecule has 0 radical (unpaired) electrons. The zero-order chi connectivity index (χ0) is 39.7. The molecule has 0 aromatic heterocycles. The van der Waals surface area contributed by atoms with Crippen molar-refractivity contribution in [2.24, 2.45) is 47.3 Å². The van der Waals surface area contributed by atoms with Crippen LogP contribution in [-0.4, -0.2) is 80.6 Å². The van der Waals surface area contributed by atoms with Gasteiger partial charge in [0.05, 0.1) is 24.4 Å². The van der Waals surface area contributed by atoms with Crippen molar-refractivity contribution in [3.63, 3.8) is 0 Å². The van der Waals surface area contributed by atoms with E-state index >= 15 is 0 Å². The fourth-order valence-corrected chi connectivity index (χ4v) is 6.35. The topological polar surface area (TPSA) is 168 Å². The van der Waals surface area contributed by atoms with E-state index in [1.807, 2.05) is 13.8 Å². The number of ether oxygens (including phenoxy) is 2. The van der Waals surface area contributed by atoms with Crippen molar-refractivity contribution in [2.75, 3.05) is 0 Å². The van der Waals surface area contributed by atoms with E-state index in [0.29, 0.717) is 12.8 Å². The van der Waals surface area contributed by atoms with Crippen LogP contribution in [0.15, 0.2) is 72.9 Å². The van der Waals surface area contributed by atoms with Gasteiger partial charge in [0.1, 0.15) is 12.2 Å². The average molecular weight is 729 g/mol. The number of carbonyl (C=O) groups is 4. The van der Waals surface area contributed by atoms with E-state index < -0.39 is 84.1 Å². The maximum Gasteiger partial charge on any atom is 0.331 e. The van der Waals surface area contributed by atoms with Crippen LogP contribution in [0.2, 0.25) is 0 Å². The monoisotopic (exact) mass is 728 g/mol. The second-order valence-corrected chi connectivity index (χ2v) is 14.4. The van der Waals surface area contributed by atoms with Crippen molar-refractivity contribution < 1.29 is 49.1 Å². The van der Waals surface area contributed by atoms with Crippen LogP contribution in [-0.2, 0) is 28.7 Å². The van der Waals surface area contributed by atoms with Crippen LogP contribution in [0.3, 0.4) is 0 Å². The summed E-state index contributed by atoms with van der Waals surface area (Å²) in [5.41, 5.74) is 0.